The summed E-state index contributed by atoms with van der Waals surface area (Å²) in [6.45, 7) is 9.56. The van der Waals surface area contributed by atoms with Crippen molar-refractivity contribution < 1.29 is 14.3 Å². The number of anilines is 1. The Bertz CT molecular complexity index is 666. The minimum atomic E-state index is -0.447. The molecule has 2 aliphatic heterocycles. The lowest BCUT2D eigenvalue weighted by Gasteiger charge is -2.46. The van der Waals surface area contributed by atoms with E-state index in [0.717, 1.165) is 57.5 Å². The van der Waals surface area contributed by atoms with Crippen LogP contribution in [0.5, 0.6) is 0 Å². The maximum atomic E-state index is 12.3. The summed E-state index contributed by atoms with van der Waals surface area (Å²) in [5.41, 5.74) is 0.707. The number of nitrogens with one attached hydrogen (secondary N) is 1. The molecule has 1 N–H and O–H groups in total. The van der Waals surface area contributed by atoms with Gasteiger partial charge in [-0.15, -0.1) is 0 Å². The van der Waals surface area contributed by atoms with Crippen molar-refractivity contribution in [3.63, 3.8) is 0 Å². The van der Waals surface area contributed by atoms with E-state index in [2.05, 4.69) is 10.2 Å². The zero-order valence-electron chi connectivity index (χ0n) is 17.4. The second-order valence-corrected chi connectivity index (χ2v) is 9.16. The fourth-order valence-corrected chi connectivity index (χ4v) is 4.10. The predicted octanol–water partition coefficient (Wildman–Crippen LogP) is 3.74. The molecule has 0 atom stereocenters. The largest absolute Gasteiger partial charge is 0.444 e. The molecule has 0 unspecified atom stereocenters. The summed E-state index contributed by atoms with van der Waals surface area (Å²) in [6, 6.07) is 9.59. The zero-order chi connectivity index (χ0) is 20.2. The monoisotopic (exact) mass is 387 g/mol. The molecule has 2 amide bonds. The number of ether oxygens (including phenoxy) is 1. The zero-order valence-corrected chi connectivity index (χ0v) is 17.4. The Kier molecular flexibility index (Phi) is 6.28. The van der Waals surface area contributed by atoms with Gasteiger partial charge in [0.05, 0.1) is 6.54 Å². The molecule has 0 aliphatic carbocycles. The normalized spacial score (nSPS) is 20.0. The number of piperidine rings is 2. The molecule has 0 radical (unpaired) electrons. The van der Waals surface area contributed by atoms with E-state index < -0.39 is 5.60 Å². The van der Waals surface area contributed by atoms with Crippen molar-refractivity contribution in [3.8, 4) is 0 Å². The van der Waals surface area contributed by atoms with Gasteiger partial charge in [0, 0.05) is 18.8 Å². The molecule has 154 valence electrons. The van der Waals surface area contributed by atoms with E-state index in [1.807, 2.05) is 56.0 Å². The number of likely N-dealkylation sites (tertiary alicyclic amines) is 2. The van der Waals surface area contributed by atoms with Crippen LogP contribution in [-0.4, -0.2) is 60.1 Å². The highest BCUT2D eigenvalue weighted by molar-refractivity contribution is 5.92. The van der Waals surface area contributed by atoms with Crippen molar-refractivity contribution in [2.75, 3.05) is 38.0 Å². The number of hydrogen-bond acceptors (Lipinski definition) is 4. The van der Waals surface area contributed by atoms with Crippen LogP contribution < -0.4 is 5.32 Å². The minimum absolute atomic E-state index is 0.0434. The number of amides is 2. The van der Waals surface area contributed by atoms with Crippen LogP contribution in [-0.2, 0) is 9.53 Å². The summed E-state index contributed by atoms with van der Waals surface area (Å²) in [7, 11) is 0. The quantitative estimate of drug-likeness (QED) is 0.858. The maximum absolute atomic E-state index is 12.3. The van der Waals surface area contributed by atoms with Gasteiger partial charge in [0.25, 0.3) is 0 Å². The summed E-state index contributed by atoms with van der Waals surface area (Å²) in [4.78, 5) is 28.6. The molecule has 0 saturated carbocycles. The predicted molar refractivity (Wildman–Crippen MR) is 110 cm³/mol. The number of carbonyl (C=O) groups excluding carboxylic acids is 2. The topological polar surface area (TPSA) is 61.9 Å². The SMILES string of the molecule is CC(C)(C)OC(=O)N1CCC2(CCN(CC(=O)Nc3ccccc3)CC2)CC1. The van der Waals surface area contributed by atoms with Crippen LogP contribution in [0.4, 0.5) is 10.5 Å². The van der Waals surface area contributed by atoms with Crippen LogP contribution in [0.25, 0.3) is 0 Å². The van der Waals surface area contributed by atoms with Gasteiger partial charge in [0.15, 0.2) is 0 Å². The van der Waals surface area contributed by atoms with Crippen molar-refractivity contribution in [3.05, 3.63) is 30.3 Å². The van der Waals surface area contributed by atoms with Crippen LogP contribution in [0.2, 0.25) is 0 Å². The van der Waals surface area contributed by atoms with Gasteiger partial charge < -0.3 is 15.0 Å². The van der Waals surface area contributed by atoms with E-state index in [0.29, 0.717) is 12.0 Å². The fourth-order valence-electron chi connectivity index (χ4n) is 4.10. The third kappa shape index (κ3) is 5.71. The number of nitrogens with zero attached hydrogens (tertiary/aromatic N) is 2. The molecule has 2 heterocycles. The van der Waals surface area contributed by atoms with Crippen LogP contribution in [0, 0.1) is 5.41 Å². The van der Waals surface area contributed by atoms with E-state index in [1.165, 1.54) is 0 Å². The Morgan fingerprint density at radius 3 is 2.14 bits per heavy atom. The van der Waals surface area contributed by atoms with Crippen molar-refractivity contribution in [2.24, 2.45) is 5.41 Å². The van der Waals surface area contributed by atoms with Crippen LogP contribution in [0.15, 0.2) is 30.3 Å². The lowest BCUT2D eigenvalue weighted by atomic mass is 9.71. The van der Waals surface area contributed by atoms with Gasteiger partial charge in [-0.25, -0.2) is 4.79 Å². The number of rotatable bonds is 3. The Balaban J connectivity index is 1.42. The van der Waals surface area contributed by atoms with E-state index in [1.54, 1.807) is 0 Å². The average Bonchev–Trinajstić information content (AvgIpc) is 2.64. The molecule has 28 heavy (non-hydrogen) atoms. The second kappa shape index (κ2) is 8.52. The van der Waals surface area contributed by atoms with E-state index >= 15 is 0 Å². The molecule has 6 nitrogen and oxygen atoms in total. The number of carbonyl (C=O) groups is 2. The molecule has 3 rings (SSSR count). The summed E-state index contributed by atoms with van der Waals surface area (Å²) in [5, 5.41) is 2.96. The van der Waals surface area contributed by atoms with Crippen LogP contribution >= 0.6 is 0 Å². The van der Waals surface area contributed by atoms with Crippen molar-refractivity contribution >= 4 is 17.7 Å². The first-order valence-corrected chi connectivity index (χ1v) is 10.3. The fraction of sp³-hybridized carbons (Fsp3) is 0.636. The van der Waals surface area contributed by atoms with E-state index in [4.69, 9.17) is 4.74 Å². The molecule has 1 aromatic rings. The minimum Gasteiger partial charge on any atom is -0.444 e. The first-order valence-electron chi connectivity index (χ1n) is 10.3. The summed E-state index contributed by atoms with van der Waals surface area (Å²) >= 11 is 0. The smallest absolute Gasteiger partial charge is 0.410 e. The van der Waals surface area contributed by atoms with Gasteiger partial charge >= 0.3 is 6.09 Å². The van der Waals surface area contributed by atoms with Gasteiger partial charge in [-0.3, -0.25) is 9.69 Å². The molecule has 6 heteroatoms. The molecule has 2 aliphatic rings. The van der Waals surface area contributed by atoms with Gasteiger partial charge in [-0.05, 0) is 77.1 Å². The lowest BCUT2D eigenvalue weighted by molar-refractivity contribution is -0.118. The second-order valence-electron chi connectivity index (χ2n) is 9.16. The Hall–Kier alpha value is -2.08. The van der Waals surface area contributed by atoms with E-state index in [9.17, 15) is 9.59 Å². The molecule has 2 fully saturated rings. The van der Waals surface area contributed by atoms with Crippen molar-refractivity contribution in [1.29, 1.82) is 0 Å². The van der Waals surface area contributed by atoms with Gasteiger partial charge in [0.1, 0.15) is 5.60 Å². The summed E-state index contributed by atoms with van der Waals surface area (Å²) in [6.07, 6.45) is 4.03. The standard InChI is InChI=1S/C22H33N3O3/c1-21(2,3)28-20(27)25-15-11-22(12-16-25)9-13-24(14-10-22)17-19(26)23-18-7-5-4-6-8-18/h4-8H,9-17H2,1-3H3,(H,23,26). The van der Waals surface area contributed by atoms with Gasteiger partial charge in [-0.2, -0.15) is 0 Å². The molecule has 1 spiro atoms. The molecule has 2 saturated heterocycles. The summed E-state index contributed by atoms with van der Waals surface area (Å²) < 4.78 is 5.50. The Labute approximate surface area is 168 Å². The molecule has 0 bridgehead atoms. The van der Waals surface area contributed by atoms with Crippen molar-refractivity contribution in [1.82, 2.24) is 9.80 Å². The third-order valence-electron chi connectivity index (χ3n) is 5.82. The average molecular weight is 388 g/mol. The summed E-state index contributed by atoms with van der Waals surface area (Å²) in [5.74, 6) is 0.0434. The highest BCUT2D eigenvalue weighted by Gasteiger charge is 2.39. The first kappa shape index (κ1) is 20.6. The third-order valence-corrected chi connectivity index (χ3v) is 5.82. The lowest BCUT2D eigenvalue weighted by Crippen LogP contribution is -2.50. The van der Waals surface area contributed by atoms with Crippen LogP contribution in [0.1, 0.15) is 46.5 Å². The van der Waals surface area contributed by atoms with Crippen LogP contribution in [0.3, 0.4) is 0 Å². The maximum Gasteiger partial charge on any atom is 0.410 e. The number of hydrogen-bond donors (Lipinski definition) is 1. The first-order chi connectivity index (χ1) is 13.2. The highest BCUT2D eigenvalue weighted by atomic mass is 16.6. The molecular weight excluding hydrogens is 354 g/mol. The number of benzene rings is 1. The number of para-hydroxylation sites is 1. The van der Waals surface area contributed by atoms with E-state index in [-0.39, 0.29) is 12.0 Å². The Morgan fingerprint density at radius 2 is 1.57 bits per heavy atom. The van der Waals surface area contributed by atoms with Gasteiger partial charge in [-0.1, -0.05) is 18.2 Å². The van der Waals surface area contributed by atoms with Gasteiger partial charge in [0.2, 0.25) is 5.91 Å². The molecule has 0 aromatic heterocycles. The molecule has 1 aromatic carbocycles. The highest BCUT2D eigenvalue weighted by Crippen LogP contribution is 2.41. The van der Waals surface area contributed by atoms with Crippen molar-refractivity contribution in [2.45, 2.75) is 52.1 Å². The molecular formula is C22H33N3O3. The Morgan fingerprint density at radius 1 is 1.00 bits per heavy atom.